The predicted molar refractivity (Wildman–Crippen MR) is 96.8 cm³/mol. The number of halogens is 3. The van der Waals surface area contributed by atoms with Crippen LogP contribution in [-0.4, -0.2) is 30.6 Å². The third-order valence-electron chi connectivity index (χ3n) is 4.07. The number of aromatic amines is 1. The van der Waals surface area contributed by atoms with Crippen molar-refractivity contribution in [1.82, 2.24) is 4.98 Å². The van der Waals surface area contributed by atoms with Gasteiger partial charge in [-0.3, -0.25) is 4.79 Å². The number of anilines is 1. The standard InChI is InChI=1S/C19H21F3N2O4/c1-5-8-28-14-7-6-12(19(20,21)22)9-13(14)24-17(25)16-10(2)15(11(3)23-16)18(26)27-4/h6-7,9,23H,5,8H2,1-4H3,(H,24,25). The van der Waals surface area contributed by atoms with Crippen LogP contribution < -0.4 is 10.1 Å². The summed E-state index contributed by atoms with van der Waals surface area (Å²) >= 11 is 0. The van der Waals surface area contributed by atoms with Gasteiger partial charge in [0.1, 0.15) is 11.4 Å². The van der Waals surface area contributed by atoms with E-state index in [1.54, 1.807) is 13.8 Å². The summed E-state index contributed by atoms with van der Waals surface area (Å²) in [6.07, 6.45) is -3.93. The number of rotatable bonds is 6. The number of H-pyrrole nitrogens is 1. The quantitative estimate of drug-likeness (QED) is 0.703. The van der Waals surface area contributed by atoms with Gasteiger partial charge in [0, 0.05) is 5.69 Å². The Morgan fingerprint density at radius 2 is 1.89 bits per heavy atom. The summed E-state index contributed by atoms with van der Waals surface area (Å²) in [5.41, 5.74) is -0.0115. The first kappa shape index (κ1) is 21.3. The van der Waals surface area contributed by atoms with Crippen molar-refractivity contribution in [1.29, 1.82) is 0 Å². The zero-order chi connectivity index (χ0) is 21.1. The van der Waals surface area contributed by atoms with Crippen molar-refractivity contribution in [2.45, 2.75) is 33.4 Å². The fourth-order valence-corrected chi connectivity index (χ4v) is 2.71. The van der Waals surface area contributed by atoms with Gasteiger partial charge in [0.15, 0.2) is 0 Å². The van der Waals surface area contributed by atoms with E-state index in [9.17, 15) is 22.8 Å². The van der Waals surface area contributed by atoms with Crippen LogP contribution in [0.15, 0.2) is 18.2 Å². The maximum absolute atomic E-state index is 13.0. The molecule has 2 rings (SSSR count). The number of amides is 1. The molecule has 0 aliphatic rings. The summed E-state index contributed by atoms with van der Waals surface area (Å²) < 4.78 is 49.3. The number of carbonyl (C=O) groups excluding carboxylic acids is 2. The van der Waals surface area contributed by atoms with Gasteiger partial charge in [0.25, 0.3) is 5.91 Å². The first-order chi connectivity index (χ1) is 13.1. The molecule has 28 heavy (non-hydrogen) atoms. The third-order valence-corrected chi connectivity index (χ3v) is 4.07. The van der Waals surface area contributed by atoms with E-state index in [0.717, 1.165) is 12.1 Å². The number of methoxy groups -OCH3 is 1. The largest absolute Gasteiger partial charge is 0.491 e. The topological polar surface area (TPSA) is 80.4 Å². The van der Waals surface area contributed by atoms with Gasteiger partial charge in [-0.15, -0.1) is 0 Å². The van der Waals surface area contributed by atoms with Crippen LogP contribution in [0.4, 0.5) is 18.9 Å². The van der Waals surface area contributed by atoms with E-state index in [2.05, 4.69) is 10.3 Å². The Morgan fingerprint density at radius 1 is 1.21 bits per heavy atom. The maximum atomic E-state index is 13.0. The van der Waals surface area contributed by atoms with Gasteiger partial charge >= 0.3 is 12.1 Å². The van der Waals surface area contributed by atoms with Crippen LogP contribution >= 0.6 is 0 Å². The molecule has 1 aromatic carbocycles. The number of alkyl halides is 3. The molecule has 0 radical (unpaired) electrons. The summed E-state index contributed by atoms with van der Waals surface area (Å²) in [7, 11) is 1.22. The average molecular weight is 398 g/mol. The Bertz CT molecular complexity index is 888. The SMILES string of the molecule is CCCOc1ccc(C(F)(F)F)cc1NC(=O)c1[nH]c(C)c(C(=O)OC)c1C. The van der Waals surface area contributed by atoms with Crippen molar-refractivity contribution in [3.8, 4) is 5.75 Å². The van der Waals surface area contributed by atoms with Crippen LogP contribution in [0, 0.1) is 13.8 Å². The highest BCUT2D eigenvalue weighted by Gasteiger charge is 2.32. The summed E-state index contributed by atoms with van der Waals surface area (Å²) in [6, 6.07) is 2.87. The van der Waals surface area contributed by atoms with E-state index < -0.39 is 23.6 Å². The number of benzene rings is 1. The number of aryl methyl sites for hydroxylation is 1. The normalized spacial score (nSPS) is 11.2. The summed E-state index contributed by atoms with van der Waals surface area (Å²) in [6.45, 7) is 5.27. The number of aromatic nitrogens is 1. The molecule has 2 aromatic rings. The Kier molecular flexibility index (Phi) is 6.37. The fourth-order valence-electron chi connectivity index (χ4n) is 2.71. The molecule has 1 heterocycles. The molecule has 9 heteroatoms. The minimum atomic E-state index is -4.57. The van der Waals surface area contributed by atoms with Gasteiger partial charge in [0.05, 0.1) is 30.5 Å². The van der Waals surface area contributed by atoms with Gasteiger partial charge in [-0.1, -0.05) is 6.92 Å². The lowest BCUT2D eigenvalue weighted by molar-refractivity contribution is -0.137. The number of ether oxygens (including phenoxy) is 2. The average Bonchev–Trinajstić information content (AvgIpc) is 2.93. The van der Waals surface area contributed by atoms with Crippen LogP contribution in [0.5, 0.6) is 5.75 Å². The van der Waals surface area contributed by atoms with Crippen LogP contribution in [0.2, 0.25) is 0 Å². The Balaban J connectivity index is 2.41. The Hall–Kier alpha value is -2.97. The van der Waals surface area contributed by atoms with Gasteiger partial charge in [-0.2, -0.15) is 13.2 Å². The van der Waals surface area contributed by atoms with Crippen molar-refractivity contribution >= 4 is 17.6 Å². The van der Waals surface area contributed by atoms with Gasteiger partial charge < -0.3 is 19.8 Å². The van der Waals surface area contributed by atoms with Gasteiger partial charge in [-0.25, -0.2) is 4.79 Å². The van der Waals surface area contributed by atoms with E-state index in [1.165, 1.54) is 13.2 Å². The van der Waals surface area contributed by atoms with Crippen LogP contribution in [0.25, 0.3) is 0 Å². The van der Waals surface area contributed by atoms with Gasteiger partial charge in [-0.05, 0) is 44.0 Å². The predicted octanol–water partition coefficient (Wildman–Crippen LogP) is 4.48. The minimum Gasteiger partial charge on any atom is -0.491 e. The lowest BCUT2D eigenvalue weighted by Gasteiger charge is -2.15. The second-order valence-corrected chi connectivity index (χ2v) is 6.13. The zero-order valence-corrected chi connectivity index (χ0v) is 15.9. The summed E-state index contributed by atoms with van der Waals surface area (Å²) in [5, 5.41) is 2.44. The second kappa shape index (κ2) is 8.37. The van der Waals surface area contributed by atoms with Crippen molar-refractivity contribution < 1.29 is 32.2 Å². The molecule has 0 unspecified atom stereocenters. The molecule has 1 aromatic heterocycles. The highest BCUT2D eigenvalue weighted by Crippen LogP contribution is 2.35. The zero-order valence-electron chi connectivity index (χ0n) is 15.9. The Labute approximate surface area is 160 Å². The van der Waals surface area contributed by atoms with E-state index in [1.807, 2.05) is 6.92 Å². The highest BCUT2D eigenvalue weighted by molar-refractivity contribution is 6.07. The summed E-state index contributed by atoms with van der Waals surface area (Å²) in [5.74, 6) is -1.19. The van der Waals surface area contributed by atoms with Crippen LogP contribution in [0.1, 0.15) is 51.0 Å². The second-order valence-electron chi connectivity index (χ2n) is 6.13. The molecule has 0 atom stereocenters. The van der Waals surface area contributed by atoms with Crippen LogP contribution in [0.3, 0.4) is 0 Å². The maximum Gasteiger partial charge on any atom is 0.416 e. The van der Waals surface area contributed by atoms with Crippen LogP contribution in [-0.2, 0) is 10.9 Å². The minimum absolute atomic E-state index is 0.0525. The number of nitrogens with one attached hydrogen (secondary N) is 2. The molecular weight excluding hydrogens is 377 g/mol. The molecule has 0 saturated carbocycles. The number of hydrogen-bond donors (Lipinski definition) is 2. The number of esters is 1. The Morgan fingerprint density at radius 3 is 2.46 bits per heavy atom. The molecule has 0 aliphatic carbocycles. The number of carbonyl (C=O) groups is 2. The molecule has 0 aliphatic heterocycles. The van der Waals surface area contributed by atoms with Crippen molar-refractivity contribution in [2.24, 2.45) is 0 Å². The van der Waals surface area contributed by atoms with E-state index in [-0.39, 0.29) is 29.3 Å². The fraction of sp³-hybridized carbons (Fsp3) is 0.368. The molecule has 152 valence electrons. The molecular formula is C19H21F3N2O4. The lowest BCUT2D eigenvalue weighted by atomic mass is 10.1. The van der Waals surface area contributed by atoms with E-state index in [0.29, 0.717) is 17.7 Å². The lowest BCUT2D eigenvalue weighted by Crippen LogP contribution is -2.16. The monoisotopic (exact) mass is 398 g/mol. The molecule has 1 amide bonds. The van der Waals surface area contributed by atoms with Gasteiger partial charge in [0.2, 0.25) is 0 Å². The molecule has 2 N–H and O–H groups in total. The summed E-state index contributed by atoms with van der Waals surface area (Å²) in [4.78, 5) is 27.3. The number of hydrogen-bond acceptors (Lipinski definition) is 4. The smallest absolute Gasteiger partial charge is 0.416 e. The molecule has 6 nitrogen and oxygen atoms in total. The van der Waals surface area contributed by atoms with E-state index >= 15 is 0 Å². The molecule has 0 spiro atoms. The first-order valence-electron chi connectivity index (χ1n) is 8.53. The third kappa shape index (κ3) is 4.47. The molecule has 0 fully saturated rings. The highest BCUT2D eigenvalue weighted by atomic mass is 19.4. The van der Waals surface area contributed by atoms with Crippen molar-refractivity contribution in [3.05, 3.63) is 46.3 Å². The molecule has 0 saturated heterocycles. The van der Waals surface area contributed by atoms with Crippen molar-refractivity contribution in [3.63, 3.8) is 0 Å². The van der Waals surface area contributed by atoms with E-state index in [4.69, 9.17) is 9.47 Å². The van der Waals surface area contributed by atoms with Crippen molar-refractivity contribution in [2.75, 3.05) is 19.0 Å². The molecule has 0 bridgehead atoms. The first-order valence-corrected chi connectivity index (χ1v) is 8.53.